The first kappa shape index (κ1) is 17.8. The molecule has 1 heterocycles. The van der Waals surface area contributed by atoms with Crippen LogP contribution in [0.15, 0.2) is 67.0 Å². The summed E-state index contributed by atoms with van der Waals surface area (Å²) in [4.78, 5) is 8.60. The van der Waals surface area contributed by atoms with Gasteiger partial charge in [0, 0.05) is 17.3 Å². The maximum Gasteiger partial charge on any atom is 0.134 e. The molecule has 0 fully saturated rings. The average Bonchev–Trinajstić information content (AvgIpc) is 2.57. The summed E-state index contributed by atoms with van der Waals surface area (Å²) >= 11 is 0. The molecule has 0 aliphatic carbocycles. The van der Waals surface area contributed by atoms with Crippen molar-refractivity contribution in [1.82, 2.24) is 9.97 Å². The van der Waals surface area contributed by atoms with Gasteiger partial charge in [-0.1, -0.05) is 30.3 Å². The second kappa shape index (κ2) is 8.31. The van der Waals surface area contributed by atoms with Crippen molar-refractivity contribution >= 4 is 23.9 Å². The fraction of sp³-hybridized carbons (Fsp3) is 0.158. The van der Waals surface area contributed by atoms with Gasteiger partial charge in [-0.05, 0) is 38.1 Å². The largest absolute Gasteiger partial charge is 0.491 e. The molecule has 3 rings (SSSR count). The Morgan fingerprint density at radius 2 is 1.62 bits per heavy atom. The van der Waals surface area contributed by atoms with Crippen molar-refractivity contribution < 1.29 is 4.74 Å². The van der Waals surface area contributed by atoms with E-state index in [0.717, 1.165) is 28.5 Å². The molecule has 124 valence electrons. The molecule has 0 unspecified atom stereocenters. The molecule has 0 amide bonds. The molecule has 0 atom stereocenters. The summed E-state index contributed by atoms with van der Waals surface area (Å²) in [6.07, 6.45) is 1.74. The van der Waals surface area contributed by atoms with E-state index in [0.29, 0.717) is 0 Å². The smallest absolute Gasteiger partial charge is 0.134 e. The zero-order chi connectivity index (χ0) is 16.1. The van der Waals surface area contributed by atoms with Gasteiger partial charge in [0.05, 0.1) is 11.8 Å². The zero-order valence-corrected chi connectivity index (χ0v) is 14.5. The average molecular weight is 342 g/mol. The molecular weight excluding hydrogens is 322 g/mol. The third-order valence-electron chi connectivity index (χ3n) is 3.24. The van der Waals surface area contributed by atoms with E-state index in [2.05, 4.69) is 15.3 Å². The van der Waals surface area contributed by atoms with Crippen molar-refractivity contribution in [3.63, 3.8) is 0 Å². The molecule has 0 saturated carbocycles. The third kappa shape index (κ3) is 4.70. The molecule has 1 N–H and O–H groups in total. The number of nitrogens with zero attached hydrogens (tertiary/aromatic N) is 2. The Kier molecular flexibility index (Phi) is 6.15. The van der Waals surface area contributed by atoms with Gasteiger partial charge in [-0.15, -0.1) is 12.4 Å². The van der Waals surface area contributed by atoms with Crippen LogP contribution in [0.4, 0.5) is 11.5 Å². The first-order chi connectivity index (χ1) is 11.2. The fourth-order valence-electron chi connectivity index (χ4n) is 2.23. The van der Waals surface area contributed by atoms with Crippen molar-refractivity contribution in [2.45, 2.75) is 20.0 Å². The van der Waals surface area contributed by atoms with Crippen LogP contribution >= 0.6 is 12.4 Å². The molecule has 0 aliphatic heterocycles. The van der Waals surface area contributed by atoms with Gasteiger partial charge in [-0.2, -0.15) is 0 Å². The van der Waals surface area contributed by atoms with Crippen LogP contribution in [0.1, 0.15) is 13.8 Å². The summed E-state index contributed by atoms with van der Waals surface area (Å²) in [7, 11) is 0. The molecule has 5 heteroatoms. The van der Waals surface area contributed by atoms with E-state index in [9.17, 15) is 0 Å². The van der Waals surface area contributed by atoms with Gasteiger partial charge < -0.3 is 10.1 Å². The topological polar surface area (TPSA) is 47.0 Å². The van der Waals surface area contributed by atoms with E-state index in [-0.39, 0.29) is 18.5 Å². The maximum atomic E-state index is 5.64. The van der Waals surface area contributed by atoms with Crippen LogP contribution in [0.2, 0.25) is 0 Å². The number of hydrogen-bond acceptors (Lipinski definition) is 4. The number of anilines is 2. The van der Waals surface area contributed by atoms with E-state index < -0.39 is 0 Å². The van der Waals surface area contributed by atoms with Crippen LogP contribution in [0.25, 0.3) is 11.3 Å². The molecule has 24 heavy (non-hydrogen) atoms. The minimum Gasteiger partial charge on any atom is -0.491 e. The van der Waals surface area contributed by atoms with Gasteiger partial charge in [-0.25, -0.2) is 9.97 Å². The van der Waals surface area contributed by atoms with E-state index >= 15 is 0 Å². The zero-order valence-electron chi connectivity index (χ0n) is 13.6. The number of nitrogens with one attached hydrogen (secondary N) is 1. The second-order valence-electron chi connectivity index (χ2n) is 5.47. The summed E-state index contributed by atoms with van der Waals surface area (Å²) in [6.45, 7) is 4.02. The monoisotopic (exact) mass is 341 g/mol. The summed E-state index contributed by atoms with van der Waals surface area (Å²) in [5.74, 6) is 1.62. The number of ether oxygens (including phenoxy) is 1. The number of benzene rings is 2. The van der Waals surface area contributed by atoms with Crippen LogP contribution in [-0.2, 0) is 0 Å². The highest BCUT2D eigenvalue weighted by Crippen LogP contribution is 2.22. The van der Waals surface area contributed by atoms with Gasteiger partial charge in [-0.3, -0.25) is 0 Å². The van der Waals surface area contributed by atoms with Gasteiger partial charge in [0.15, 0.2) is 0 Å². The lowest BCUT2D eigenvalue weighted by Crippen LogP contribution is -2.05. The quantitative estimate of drug-likeness (QED) is 0.701. The van der Waals surface area contributed by atoms with E-state index in [4.69, 9.17) is 4.74 Å². The number of aromatic nitrogens is 2. The Hall–Kier alpha value is -2.59. The van der Waals surface area contributed by atoms with Crippen molar-refractivity contribution in [2.75, 3.05) is 5.32 Å². The van der Waals surface area contributed by atoms with Crippen molar-refractivity contribution in [2.24, 2.45) is 0 Å². The molecule has 2 aromatic carbocycles. The first-order valence-electron chi connectivity index (χ1n) is 7.62. The predicted molar refractivity (Wildman–Crippen MR) is 100 cm³/mol. The van der Waals surface area contributed by atoms with E-state index in [1.54, 1.807) is 6.33 Å². The molecule has 0 spiro atoms. The van der Waals surface area contributed by atoms with E-state index in [1.165, 1.54) is 0 Å². The summed E-state index contributed by atoms with van der Waals surface area (Å²) in [5.41, 5.74) is 2.92. The number of rotatable bonds is 5. The molecule has 3 aromatic rings. The lowest BCUT2D eigenvalue weighted by Gasteiger charge is -2.11. The van der Waals surface area contributed by atoms with Gasteiger partial charge in [0.2, 0.25) is 0 Å². The minimum absolute atomic E-state index is 0. The molecule has 0 bridgehead atoms. The van der Waals surface area contributed by atoms with Crippen molar-refractivity contribution in [3.8, 4) is 17.0 Å². The molecular formula is C19H20ClN3O. The summed E-state index contributed by atoms with van der Waals surface area (Å²) in [5, 5.41) is 3.29. The third-order valence-corrected chi connectivity index (χ3v) is 3.24. The highest BCUT2D eigenvalue weighted by molar-refractivity contribution is 5.85. The highest BCUT2D eigenvalue weighted by atomic mass is 35.5. The molecule has 1 aromatic heterocycles. The fourth-order valence-corrected chi connectivity index (χ4v) is 2.23. The lowest BCUT2D eigenvalue weighted by atomic mass is 10.1. The normalized spacial score (nSPS) is 10.1. The standard InChI is InChI=1S/C19H19N3O.ClH/c1-14(2)23-17-10-8-16(9-11-17)22-19-12-18(20-13-21-19)15-6-4-3-5-7-15;/h3-14H,1-2H3,(H,20,21,22);1H. The summed E-state index contributed by atoms with van der Waals surface area (Å²) < 4.78 is 5.64. The van der Waals surface area contributed by atoms with E-state index in [1.807, 2.05) is 74.5 Å². The minimum atomic E-state index is 0. The second-order valence-corrected chi connectivity index (χ2v) is 5.47. The van der Waals surface area contributed by atoms with Crippen LogP contribution in [0, 0.1) is 0 Å². The lowest BCUT2D eigenvalue weighted by molar-refractivity contribution is 0.242. The highest BCUT2D eigenvalue weighted by Gasteiger charge is 2.03. The molecule has 0 saturated heterocycles. The summed E-state index contributed by atoms with van der Waals surface area (Å²) in [6, 6.07) is 19.8. The Labute approximate surface area is 148 Å². The van der Waals surface area contributed by atoms with Gasteiger partial charge in [0.25, 0.3) is 0 Å². The number of hydrogen-bond donors (Lipinski definition) is 1. The maximum absolute atomic E-state index is 5.64. The Morgan fingerprint density at radius 3 is 2.29 bits per heavy atom. The molecule has 4 nitrogen and oxygen atoms in total. The first-order valence-corrected chi connectivity index (χ1v) is 7.62. The Bertz CT molecular complexity index is 761. The van der Waals surface area contributed by atoms with Crippen LogP contribution < -0.4 is 10.1 Å². The SMILES string of the molecule is CC(C)Oc1ccc(Nc2cc(-c3ccccc3)ncn2)cc1.Cl. The van der Waals surface area contributed by atoms with Crippen molar-refractivity contribution in [1.29, 1.82) is 0 Å². The Morgan fingerprint density at radius 1 is 0.917 bits per heavy atom. The van der Waals surface area contributed by atoms with Crippen LogP contribution in [0.3, 0.4) is 0 Å². The van der Waals surface area contributed by atoms with Gasteiger partial charge in [0.1, 0.15) is 17.9 Å². The van der Waals surface area contributed by atoms with Crippen molar-refractivity contribution in [3.05, 3.63) is 67.0 Å². The van der Waals surface area contributed by atoms with Crippen LogP contribution in [-0.4, -0.2) is 16.1 Å². The molecule has 0 radical (unpaired) electrons. The molecule has 0 aliphatic rings. The Balaban J connectivity index is 0.00000208. The van der Waals surface area contributed by atoms with Gasteiger partial charge >= 0.3 is 0 Å². The predicted octanol–water partition coefficient (Wildman–Crippen LogP) is 5.10. The number of halogens is 1. The van der Waals surface area contributed by atoms with Crippen LogP contribution in [0.5, 0.6) is 5.75 Å².